The van der Waals surface area contributed by atoms with Crippen molar-refractivity contribution >= 4 is 40.8 Å². The molecule has 0 saturated carbocycles. The molecule has 3 rings (SSSR count). The van der Waals surface area contributed by atoms with E-state index < -0.39 is 5.97 Å². The Morgan fingerprint density at radius 3 is 2.25 bits per heavy atom. The van der Waals surface area contributed by atoms with Gasteiger partial charge in [0.1, 0.15) is 5.82 Å². The third-order valence-electron chi connectivity index (χ3n) is 3.56. The van der Waals surface area contributed by atoms with Gasteiger partial charge in [0, 0.05) is 15.6 Å². The number of imidazole rings is 1. The number of aromatic nitrogens is 2. The van der Waals surface area contributed by atoms with Crippen LogP contribution in [-0.2, 0) is 0 Å². The van der Waals surface area contributed by atoms with Gasteiger partial charge in [0.05, 0.1) is 16.4 Å². The number of benzene rings is 2. The average molecular weight is 382 g/mol. The molecule has 0 radical (unpaired) electrons. The summed E-state index contributed by atoms with van der Waals surface area (Å²) in [6, 6.07) is 12.0. The van der Waals surface area contributed by atoms with Crippen LogP contribution in [0.3, 0.4) is 0 Å². The predicted molar refractivity (Wildman–Crippen MR) is 95.7 cm³/mol. The molecule has 0 aliphatic heterocycles. The van der Waals surface area contributed by atoms with Gasteiger partial charge < -0.3 is 5.11 Å². The van der Waals surface area contributed by atoms with E-state index in [1.807, 2.05) is 0 Å². The number of carboxylic acids is 1. The van der Waals surface area contributed by atoms with Crippen molar-refractivity contribution in [2.45, 2.75) is 6.92 Å². The molecule has 7 heteroatoms. The monoisotopic (exact) mass is 380 g/mol. The molecule has 1 N–H and O–H groups in total. The summed E-state index contributed by atoms with van der Waals surface area (Å²) in [6.07, 6.45) is 0. The SMILES string of the molecule is Cc1c(C(=O)O)nc(-c2ccc(Cl)cc2)n1-c1ccc(Cl)cc1Cl. The van der Waals surface area contributed by atoms with E-state index in [1.165, 1.54) is 0 Å². The number of aromatic carboxylic acids is 1. The maximum absolute atomic E-state index is 11.5. The summed E-state index contributed by atoms with van der Waals surface area (Å²) in [7, 11) is 0. The molecule has 0 bridgehead atoms. The van der Waals surface area contributed by atoms with Crippen LogP contribution in [0.2, 0.25) is 15.1 Å². The van der Waals surface area contributed by atoms with E-state index >= 15 is 0 Å². The summed E-state index contributed by atoms with van der Waals surface area (Å²) in [5.41, 5.74) is 1.76. The Hall–Kier alpha value is -2.01. The number of rotatable bonds is 3. The molecule has 3 aromatic rings. The molecule has 2 aromatic carbocycles. The fourth-order valence-electron chi connectivity index (χ4n) is 2.45. The minimum absolute atomic E-state index is 0.0361. The van der Waals surface area contributed by atoms with Gasteiger partial charge in [-0.25, -0.2) is 9.78 Å². The Balaban J connectivity index is 2.30. The molecule has 122 valence electrons. The fraction of sp³-hybridized carbons (Fsp3) is 0.0588. The quantitative estimate of drug-likeness (QED) is 0.651. The molecular formula is C17H11Cl3N2O2. The van der Waals surface area contributed by atoms with Crippen LogP contribution in [0, 0.1) is 6.92 Å². The van der Waals surface area contributed by atoms with Crippen molar-refractivity contribution in [3.05, 3.63) is 68.9 Å². The Bertz CT molecular complexity index is 934. The molecule has 0 aliphatic carbocycles. The van der Waals surface area contributed by atoms with E-state index in [2.05, 4.69) is 4.98 Å². The fourth-order valence-corrected chi connectivity index (χ4v) is 3.07. The zero-order valence-electron chi connectivity index (χ0n) is 12.4. The van der Waals surface area contributed by atoms with Gasteiger partial charge in [-0.3, -0.25) is 4.57 Å². The smallest absolute Gasteiger partial charge is 0.356 e. The zero-order valence-corrected chi connectivity index (χ0v) is 14.7. The van der Waals surface area contributed by atoms with Crippen molar-refractivity contribution in [1.82, 2.24) is 9.55 Å². The van der Waals surface area contributed by atoms with Crippen LogP contribution in [0.25, 0.3) is 17.1 Å². The largest absolute Gasteiger partial charge is 0.476 e. The normalized spacial score (nSPS) is 10.8. The van der Waals surface area contributed by atoms with Crippen molar-refractivity contribution in [3.63, 3.8) is 0 Å². The Labute approximate surface area is 153 Å². The van der Waals surface area contributed by atoms with E-state index in [4.69, 9.17) is 34.8 Å². The van der Waals surface area contributed by atoms with Gasteiger partial charge in [0.25, 0.3) is 0 Å². The Morgan fingerprint density at radius 1 is 1.04 bits per heavy atom. The van der Waals surface area contributed by atoms with Gasteiger partial charge in [-0.1, -0.05) is 34.8 Å². The number of carbonyl (C=O) groups is 1. The lowest BCUT2D eigenvalue weighted by Crippen LogP contribution is -2.03. The van der Waals surface area contributed by atoms with Gasteiger partial charge in [-0.15, -0.1) is 0 Å². The third kappa shape index (κ3) is 3.00. The minimum Gasteiger partial charge on any atom is -0.476 e. The highest BCUT2D eigenvalue weighted by molar-refractivity contribution is 6.35. The van der Waals surface area contributed by atoms with Crippen LogP contribution in [0.5, 0.6) is 0 Å². The van der Waals surface area contributed by atoms with Crippen molar-refractivity contribution in [1.29, 1.82) is 0 Å². The summed E-state index contributed by atoms with van der Waals surface area (Å²) in [5.74, 6) is -0.641. The topological polar surface area (TPSA) is 55.1 Å². The maximum atomic E-state index is 11.5. The van der Waals surface area contributed by atoms with E-state index in [0.29, 0.717) is 32.3 Å². The second-order valence-corrected chi connectivity index (χ2v) is 6.39. The van der Waals surface area contributed by atoms with Crippen LogP contribution in [0.4, 0.5) is 0 Å². The van der Waals surface area contributed by atoms with Crippen LogP contribution in [-0.4, -0.2) is 20.6 Å². The number of carboxylic acid groups (broad SMARTS) is 1. The zero-order chi connectivity index (χ0) is 17.4. The molecule has 0 spiro atoms. The van der Waals surface area contributed by atoms with Gasteiger partial charge in [-0.2, -0.15) is 0 Å². The first-order chi connectivity index (χ1) is 11.4. The molecule has 0 amide bonds. The first-order valence-corrected chi connectivity index (χ1v) is 8.06. The average Bonchev–Trinajstić information content (AvgIpc) is 2.86. The standard InChI is InChI=1S/C17H11Cl3N2O2/c1-9-15(17(23)24)21-16(10-2-4-11(18)5-3-10)22(9)14-7-6-12(19)8-13(14)20/h2-8H,1H3,(H,23,24). The molecule has 0 saturated heterocycles. The molecule has 1 heterocycles. The van der Waals surface area contributed by atoms with E-state index in [0.717, 1.165) is 5.56 Å². The predicted octanol–water partition coefficient (Wildman–Crippen LogP) is 5.51. The van der Waals surface area contributed by atoms with Crippen LogP contribution in [0.1, 0.15) is 16.2 Å². The van der Waals surface area contributed by atoms with Gasteiger partial charge in [0.15, 0.2) is 5.69 Å². The first-order valence-electron chi connectivity index (χ1n) is 6.92. The van der Waals surface area contributed by atoms with E-state index in [1.54, 1.807) is 54.0 Å². The Morgan fingerprint density at radius 2 is 1.67 bits per heavy atom. The van der Waals surface area contributed by atoms with Gasteiger partial charge in [-0.05, 0) is 49.4 Å². The van der Waals surface area contributed by atoms with E-state index in [9.17, 15) is 9.90 Å². The number of hydrogen-bond acceptors (Lipinski definition) is 2. The molecule has 24 heavy (non-hydrogen) atoms. The first kappa shape index (κ1) is 16.8. The van der Waals surface area contributed by atoms with Crippen molar-refractivity contribution in [3.8, 4) is 17.1 Å². The van der Waals surface area contributed by atoms with Crippen LogP contribution < -0.4 is 0 Å². The summed E-state index contributed by atoms with van der Waals surface area (Å²) in [5, 5.41) is 10.9. The molecular weight excluding hydrogens is 371 g/mol. The summed E-state index contributed by atoms with van der Waals surface area (Å²) in [4.78, 5) is 15.8. The van der Waals surface area contributed by atoms with Crippen LogP contribution >= 0.6 is 34.8 Å². The lowest BCUT2D eigenvalue weighted by Gasteiger charge is -2.12. The highest BCUT2D eigenvalue weighted by atomic mass is 35.5. The number of nitrogens with zero attached hydrogens (tertiary/aromatic N) is 2. The lowest BCUT2D eigenvalue weighted by atomic mass is 10.2. The highest BCUT2D eigenvalue weighted by Crippen LogP contribution is 2.32. The Kier molecular flexibility index (Phi) is 4.54. The number of hydrogen-bond donors (Lipinski definition) is 1. The molecule has 1 aromatic heterocycles. The van der Waals surface area contributed by atoms with Gasteiger partial charge in [0.2, 0.25) is 0 Å². The van der Waals surface area contributed by atoms with Crippen molar-refractivity contribution in [2.75, 3.05) is 0 Å². The van der Waals surface area contributed by atoms with Crippen molar-refractivity contribution in [2.24, 2.45) is 0 Å². The second-order valence-electron chi connectivity index (χ2n) is 5.11. The number of halogens is 3. The maximum Gasteiger partial charge on any atom is 0.356 e. The molecule has 0 aliphatic rings. The van der Waals surface area contributed by atoms with Crippen LogP contribution in [0.15, 0.2) is 42.5 Å². The minimum atomic E-state index is -1.11. The second kappa shape index (κ2) is 6.48. The summed E-state index contributed by atoms with van der Waals surface area (Å²) >= 11 is 18.2. The van der Waals surface area contributed by atoms with E-state index in [-0.39, 0.29) is 5.69 Å². The molecule has 0 atom stereocenters. The molecule has 0 fully saturated rings. The molecule has 0 unspecified atom stereocenters. The lowest BCUT2D eigenvalue weighted by molar-refractivity contribution is 0.0690. The summed E-state index contributed by atoms with van der Waals surface area (Å²) < 4.78 is 1.70. The molecule has 4 nitrogen and oxygen atoms in total. The third-order valence-corrected chi connectivity index (χ3v) is 4.35. The van der Waals surface area contributed by atoms with Crippen molar-refractivity contribution < 1.29 is 9.90 Å². The highest BCUT2D eigenvalue weighted by Gasteiger charge is 2.22. The van der Waals surface area contributed by atoms with Gasteiger partial charge >= 0.3 is 5.97 Å². The summed E-state index contributed by atoms with van der Waals surface area (Å²) in [6.45, 7) is 1.68.